The Kier molecular flexibility index (Phi) is 3.56. The Hall–Kier alpha value is -1.45. The lowest BCUT2D eigenvalue weighted by Gasteiger charge is -2.12. The number of amidine groups is 1. The third-order valence-corrected chi connectivity index (χ3v) is 2.40. The van der Waals surface area contributed by atoms with Crippen LogP contribution in [0.5, 0.6) is 0 Å². The fourth-order valence-corrected chi connectivity index (χ4v) is 1.32. The van der Waals surface area contributed by atoms with Crippen LogP contribution in [-0.2, 0) is 6.54 Å². The fraction of sp³-hybridized carbons (Fsp3) is 0.500. The van der Waals surface area contributed by atoms with Crippen molar-refractivity contribution in [2.75, 3.05) is 0 Å². The summed E-state index contributed by atoms with van der Waals surface area (Å²) in [6.07, 6.45) is 3.06. The predicted molar refractivity (Wildman–Crippen MR) is 56.4 cm³/mol. The van der Waals surface area contributed by atoms with Gasteiger partial charge in [-0.05, 0) is 18.1 Å². The van der Waals surface area contributed by atoms with Gasteiger partial charge in [-0.15, -0.1) is 0 Å². The molecule has 0 aliphatic carbocycles. The second kappa shape index (κ2) is 4.69. The lowest BCUT2D eigenvalue weighted by molar-refractivity contribution is 0.318. The zero-order valence-electron chi connectivity index (χ0n) is 8.64. The summed E-state index contributed by atoms with van der Waals surface area (Å²) in [5.74, 6) is 0.756. The van der Waals surface area contributed by atoms with Crippen molar-refractivity contribution in [3.05, 3.63) is 24.0 Å². The first-order chi connectivity index (χ1) is 6.69. The van der Waals surface area contributed by atoms with Crippen LogP contribution < -0.4 is 5.73 Å². The van der Waals surface area contributed by atoms with Gasteiger partial charge in [-0.3, -0.25) is 0 Å². The number of oxime groups is 1. The average Bonchev–Trinajstić information content (AvgIpc) is 2.64. The van der Waals surface area contributed by atoms with E-state index in [0.29, 0.717) is 5.92 Å². The van der Waals surface area contributed by atoms with Gasteiger partial charge in [-0.2, -0.15) is 0 Å². The first-order valence-electron chi connectivity index (χ1n) is 4.82. The molecular weight excluding hydrogens is 178 g/mol. The van der Waals surface area contributed by atoms with Crippen LogP contribution >= 0.6 is 0 Å². The van der Waals surface area contributed by atoms with Crippen molar-refractivity contribution in [3.63, 3.8) is 0 Å². The minimum Gasteiger partial charge on any atom is -0.409 e. The normalized spacial score (nSPS) is 14.3. The molecule has 3 N–H and O–H groups in total. The SMILES string of the molecule is CCC(C)Cn1cccc1/C(N)=N/O. The smallest absolute Gasteiger partial charge is 0.186 e. The molecule has 0 aliphatic heterocycles. The van der Waals surface area contributed by atoms with Crippen molar-refractivity contribution in [1.82, 2.24) is 4.57 Å². The molecule has 4 heteroatoms. The molecule has 0 bridgehead atoms. The summed E-state index contributed by atoms with van der Waals surface area (Å²) in [6.45, 7) is 5.22. The van der Waals surface area contributed by atoms with E-state index >= 15 is 0 Å². The molecule has 14 heavy (non-hydrogen) atoms. The summed E-state index contributed by atoms with van der Waals surface area (Å²) in [5.41, 5.74) is 6.31. The van der Waals surface area contributed by atoms with Gasteiger partial charge in [0.2, 0.25) is 0 Å². The van der Waals surface area contributed by atoms with Gasteiger partial charge in [-0.25, -0.2) is 0 Å². The molecule has 0 radical (unpaired) electrons. The molecule has 0 saturated heterocycles. The lowest BCUT2D eigenvalue weighted by Crippen LogP contribution is -2.19. The Labute approximate surface area is 84.0 Å². The highest BCUT2D eigenvalue weighted by Gasteiger charge is 2.07. The van der Waals surface area contributed by atoms with Crippen molar-refractivity contribution in [3.8, 4) is 0 Å². The van der Waals surface area contributed by atoms with E-state index in [0.717, 1.165) is 18.7 Å². The number of hydrogen-bond acceptors (Lipinski definition) is 2. The van der Waals surface area contributed by atoms with E-state index in [1.807, 2.05) is 22.9 Å². The van der Waals surface area contributed by atoms with E-state index in [4.69, 9.17) is 10.9 Å². The van der Waals surface area contributed by atoms with Gasteiger partial charge in [-0.1, -0.05) is 25.4 Å². The zero-order chi connectivity index (χ0) is 10.6. The molecule has 0 aliphatic rings. The fourth-order valence-electron chi connectivity index (χ4n) is 1.32. The van der Waals surface area contributed by atoms with E-state index in [1.54, 1.807) is 0 Å². The summed E-state index contributed by atoms with van der Waals surface area (Å²) in [5, 5.41) is 11.6. The maximum atomic E-state index is 8.57. The second-order valence-corrected chi connectivity index (χ2v) is 3.54. The Balaban J connectivity index is 2.82. The maximum absolute atomic E-state index is 8.57. The molecule has 0 saturated carbocycles. The number of nitrogens with zero attached hydrogens (tertiary/aromatic N) is 2. The van der Waals surface area contributed by atoms with Crippen molar-refractivity contribution in [2.24, 2.45) is 16.8 Å². The van der Waals surface area contributed by atoms with Gasteiger partial charge < -0.3 is 15.5 Å². The van der Waals surface area contributed by atoms with Gasteiger partial charge >= 0.3 is 0 Å². The maximum Gasteiger partial charge on any atom is 0.186 e. The molecule has 1 heterocycles. The van der Waals surface area contributed by atoms with Crippen LogP contribution in [0.3, 0.4) is 0 Å². The van der Waals surface area contributed by atoms with E-state index in [1.165, 1.54) is 0 Å². The van der Waals surface area contributed by atoms with E-state index in [-0.39, 0.29) is 5.84 Å². The molecule has 1 unspecified atom stereocenters. The average molecular weight is 195 g/mol. The van der Waals surface area contributed by atoms with Crippen molar-refractivity contribution < 1.29 is 5.21 Å². The van der Waals surface area contributed by atoms with Crippen LogP contribution in [0.4, 0.5) is 0 Å². The standard InChI is InChI=1S/C10H17N3O/c1-3-8(2)7-13-6-4-5-9(13)10(11)12-14/h4-6,8,14H,3,7H2,1-2H3,(H2,11,12). The molecule has 4 nitrogen and oxygen atoms in total. The highest BCUT2D eigenvalue weighted by atomic mass is 16.4. The summed E-state index contributed by atoms with van der Waals surface area (Å²) in [4.78, 5) is 0. The van der Waals surface area contributed by atoms with Crippen LogP contribution in [0.2, 0.25) is 0 Å². The molecule has 1 rings (SSSR count). The minimum atomic E-state index is 0.165. The summed E-state index contributed by atoms with van der Waals surface area (Å²) in [7, 11) is 0. The largest absolute Gasteiger partial charge is 0.409 e. The number of hydrogen-bond donors (Lipinski definition) is 2. The van der Waals surface area contributed by atoms with E-state index < -0.39 is 0 Å². The van der Waals surface area contributed by atoms with Crippen molar-refractivity contribution >= 4 is 5.84 Å². The third kappa shape index (κ3) is 2.28. The Bertz CT molecular complexity index is 317. The molecule has 78 valence electrons. The Morgan fingerprint density at radius 3 is 3.00 bits per heavy atom. The molecule has 0 fully saturated rings. The van der Waals surface area contributed by atoms with Gasteiger partial charge in [0.25, 0.3) is 0 Å². The molecule has 0 aromatic carbocycles. The molecule has 1 aromatic rings. The predicted octanol–water partition coefficient (Wildman–Crippen LogP) is 1.63. The topological polar surface area (TPSA) is 63.5 Å². The first kappa shape index (κ1) is 10.6. The number of nitrogens with two attached hydrogens (primary N) is 1. The van der Waals surface area contributed by atoms with Gasteiger partial charge in [0.05, 0.1) is 5.69 Å². The van der Waals surface area contributed by atoms with Crippen molar-refractivity contribution in [2.45, 2.75) is 26.8 Å². The summed E-state index contributed by atoms with van der Waals surface area (Å²) in [6, 6.07) is 3.74. The number of aromatic nitrogens is 1. The lowest BCUT2D eigenvalue weighted by atomic mass is 10.1. The molecule has 1 atom stereocenters. The summed E-state index contributed by atoms with van der Waals surface area (Å²) < 4.78 is 2.00. The minimum absolute atomic E-state index is 0.165. The highest BCUT2D eigenvalue weighted by molar-refractivity contribution is 5.95. The first-order valence-corrected chi connectivity index (χ1v) is 4.82. The highest BCUT2D eigenvalue weighted by Crippen LogP contribution is 2.09. The van der Waals surface area contributed by atoms with Crippen LogP contribution in [0.25, 0.3) is 0 Å². The Morgan fingerprint density at radius 1 is 1.71 bits per heavy atom. The molecule has 0 spiro atoms. The van der Waals surface area contributed by atoms with Crippen LogP contribution in [0, 0.1) is 5.92 Å². The molecule has 1 aromatic heterocycles. The van der Waals surface area contributed by atoms with Crippen LogP contribution in [-0.4, -0.2) is 15.6 Å². The van der Waals surface area contributed by atoms with Gasteiger partial charge in [0, 0.05) is 12.7 Å². The van der Waals surface area contributed by atoms with E-state index in [9.17, 15) is 0 Å². The number of rotatable bonds is 4. The van der Waals surface area contributed by atoms with Gasteiger partial charge in [0.1, 0.15) is 0 Å². The van der Waals surface area contributed by atoms with E-state index in [2.05, 4.69) is 19.0 Å². The molecular formula is C10H17N3O. The monoisotopic (exact) mass is 195 g/mol. The van der Waals surface area contributed by atoms with Gasteiger partial charge in [0.15, 0.2) is 5.84 Å². The zero-order valence-corrected chi connectivity index (χ0v) is 8.64. The summed E-state index contributed by atoms with van der Waals surface area (Å²) >= 11 is 0. The Morgan fingerprint density at radius 2 is 2.43 bits per heavy atom. The quantitative estimate of drug-likeness (QED) is 0.332. The van der Waals surface area contributed by atoms with Crippen LogP contribution in [0.15, 0.2) is 23.5 Å². The van der Waals surface area contributed by atoms with Crippen molar-refractivity contribution in [1.29, 1.82) is 0 Å². The molecule has 0 amide bonds. The second-order valence-electron chi connectivity index (χ2n) is 3.54. The van der Waals surface area contributed by atoms with Crippen LogP contribution in [0.1, 0.15) is 26.0 Å². The third-order valence-electron chi connectivity index (χ3n) is 2.40.